The third kappa shape index (κ3) is 3.70. The second-order valence-corrected chi connectivity index (χ2v) is 16.9. The predicted octanol–water partition coefficient (Wildman–Crippen LogP) is 6.05. The van der Waals surface area contributed by atoms with Crippen molar-refractivity contribution >= 4 is 37.2 Å². The van der Waals surface area contributed by atoms with E-state index < -0.39 is 21.0 Å². The van der Waals surface area contributed by atoms with Crippen molar-refractivity contribution in [2.75, 3.05) is 0 Å². The molecule has 0 nitrogen and oxygen atoms in total. The van der Waals surface area contributed by atoms with Crippen LogP contribution in [-0.2, 0) is 21.0 Å². The van der Waals surface area contributed by atoms with Crippen LogP contribution in [0, 0.1) is 0 Å². The Kier molecular flexibility index (Phi) is 7.80. The molecule has 0 radical (unpaired) electrons. The van der Waals surface area contributed by atoms with Crippen LogP contribution in [-0.4, -0.2) is 3.26 Å². The fraction of sp³-hybridized carbons (Fsp3) is 0.471. The van der Waals surface area contributed by atoms with Crippen molar-refractivity contribution in [1.29, 1.82) is 0 Å². The van der Waals surface area contributed by atoms with Crippen molar-refractivity contribution in [1.82, 2.24) is 0 Å². The van der Waals surface area contributed by atoms with E-state index in [4.69, 9.17) is 0 Å². The van der Waals surface area contributed by atoms with Crippen LogP contribution in [0.15, 0.2) is 44.9 Å². The molecule has 0 bridgehead atoms. The summed E-state index contributed by atoms with van der Waals surface area (Å²) in [6, 6.07) is 0. The van der Waals surface area contributed by atoms with Gasteiger partial charge in [-0.25, -0.2) is 0 Å². The summed E-state index contributed by atoms with van der Waals surface area (Å²) >= 11 is -1.78. The third-order valence-electron chi connectivity index (χ3n) is 4.39. The molecule has 0 fully saturated rings. The molecule has 0 aromatic heterocycles. The molecule has 3 heteroatoms. The van der Waals surface area contributed by atoms with Gasteiger partial charge in [-0.2, -0.15) is 0 Å². The summed E-state index contributed by atoms with van der Waals surface area (Å²) in [6.45, 7) is 4.80. The average molecular weight is 567 g/mol. The van der Waals surface area contributed by atoms with Crippen LogP contribution in [0.3, 0.4) is 0 Å². The van der Waals surface area contributed by atoms with Gasteiger partial charge in [-0.1, -0.05) is 0 Å². The molecule has 1 atom stereocenters. The summed E-state index contributed by atoms with van der Waals surface area (Å²) in [4.78, 5) is 0. The van der Waals surface area contributed by atoms with Gasteiger partial charge in [0.15, 0.2) is 0 Å². The predicted molar refractivity (Wildman–Crippen MR) is 97.2 cm³/mol. The summed E-state index contributed by atoms with van der Waals surface area (Å²) in [5.74, 6) is 0. The molecule has 0 N–H and O–H groups in total. The van der Waals surface area contributed by atoms with Crippen LogP contribution < -0.4 is 0 Å². The minimum absolute atomic E-state index is 0. The molecular weight excluding hydrogens is 542 g/mol. The fourth-order valence-electron chi connectivity index (χ4n) is 3.58. The molecule has 3 rings (SSSR count). The zero-order chi connectivity index (χ0) is 12.5. The zero-order valence-corrected chi connectivity index (χ0v) is 19.3. The van der Waals surface area contributed by atoms with Gasteiger partial charge >= 0.3 is 119 Å². The number of hydrogen-bond acceptors (Lipinski definition) is 0. The molecule has 0 aromatic rings. The molecule has 0 aromatic carbocycles. The van der Waals surface area contributed by atoms with E-state index in [1.165, 1.54) is 32.1 Å². The number of allylic oxidation sites excluding steroid dienone is 8. The van der Waals surface area contributed by atoms with Gasteiger partial charge in [0, 0.05) is 0 Å². The molecule has 0 heterocycles. The Labute approximate surface area is 151 Å². The van der Waals surface area contributed by atoms with E-state index in [-0.39, 0.29) is 34.0 Å². The van der Waals surface area contributed by atoms with E-state index in [1.54, 1.807) is 8.83 Å². The topological polar surface area (TPSA) is 0 Å². The van der Waals surface area contributed by atoms with Crippen molar-refractivity contribution in [2.24, 2.45) is 0 Å². The molecule has 20 heavy (non-hydrogen) atoms. The first-order chi connectivity index (χ1) is 8.77. The molecule has 0 amide bonds. The average Bonchev–Trinajstić information content (AvgIpc) is 3.00. The molecule has 3 aliphatic rings. The van der Waals surface area contributed by atoms with Gasteiger partial charge in [0.25, 0.3) is 0 Å². The molecule has 0 saturated heterocycles. The van der Waals surface area contributed by atoms with Crippen LogP contribution in [0.5, 0.6) is 0 Å². The minimum atomic E-state index is -1.78. The molecule has 1 unspecified atom stereocenters. The zero-order valence-electron chi connectivity index (χ0n) is 12.3. The van der Waals surface area contributed by atoms with Crippen molar-refractivity contribution in [3.8, 4) is 0 Å². The van der Waals surface area contributed by atoms with E-state index in [9.17, 15) is 0 Å². The Balaban J connectivity index is 0.000001000. The summed E-state index contributed by atoms with van der Waals surface area (Å²) in [6.07, 6.45) is 18.9. The Morgan fingerprint density at radius 1 is 1.15 bits per heavy atom. The molecule has 0 saturated carbocycles. The van der Waals surface area contributed by atoms with Gasteiger partial charge < -0.3 is 0 Å². The van der Waals surface area contributed by atoms with Crippen molar-refractivity contribution < 1.29 is 21.0 Å². The first-order valence-corrected chi connectivity index (χ1v) is 12.9. The number of halogens is 2. The summed E-state index contributed by atoms with van der Waals surface area (Å²) in [5, 5.41) is 0. The molecule has 110 valence electrons. The molecule has 3 aliphatic carbocycles. The SMILES string of the molecule is Br.Br.C[C](C)=[Hf]([C]1=CC=CC1)[CH]1C=CC2=C1CCCC2. The third-order valence-corrected chi connectivity index (χ3v) is 16.3. The van der Waals surface area contributed by atoms with Crippen LogP contribution in [0.2, 0.25) is 3.67 Å². The number of rotatable bonds is 2. The summed E-state index contributed by atoms with van der Waals surface area (Å²) in [7, 11) is 0. The van der Waals surface area contributed by atoms with E-state index in [1.807, 2.05) is 8.90 Å². The van der Waals surface area contributed by atoms with E-state index in [2.05, 4.69) is 44.2 Å². The van der Waals surface area contributed by atoms with Gasteiger partial charge in [0.2, 0.25) is 0 Å². The summed E-state index contributed by atoms with van der Waals surface area (Å²) < 4.78 is 4.49. The van der Waals surface area contributed by atoms with Crippen molar-refractivity contribution in [3.63, 3.8) is 0 Å². The van der Waals surface area contributed by atoms with Gasteiger partial charge in [0.1, 0.15) is 0 Å². The number of hydrogen-bond donors (Lipinski definition) is 0. The van der Waals surface area contributed by atoms with Crippen molar-refractivity contribution in [3.05, 3.63) is 44.9 Å². The molecule has 0 spiro atoms. The van der Waals surface area contributed by atoms with Crippen LogP contribution in [0.1, 0.15) is 46.0 Å². The van der Waals surface area contributed by atoms with Crippen LogP contribution >= 0.6 is 34.0 Å². The van der Waals surface area contributed by atoms with Gasteiger partial charge in [0.05, 0.1) is 0 Å². The second kappa shape index (κ2) is 8.33. The Bertz CT molecular complexity index is 517. The normalized spacial score (nSPS) is 22.9. The second-order valence-electron chi connectivity index (χ2n) is 5.83. The Morgan fingerprint density at radius 2 is 1.90 bits per heavy atom. The van der Waals surface area contributed by atoms with Crippen LogP contribution in [0.4, 0.5) is 0 Å². The monoisotopic (exact) mass is 566 g/mol. The maximum atomic E-state index is 2.57. The Morgan fingerprint density at radius 3 is 2.55 bits per heavy atom. The van der Waals surface area contributed by atoms with Crippen LogP contribution in [0.25, 0.3) is 0 Å². The first kappa shape index (κ1) is 18.7. The van der Waals surface area contributed by atoms with Gasteiger partial charge in [-0.15, -0.1) is 34.0 Å². The van der Waals surface area contributed by atoms with Crippen molar-refractivity contribution in [2.45, 2.75) is 49.6 Å². The first-order valence-electron chi connectivity index (χ1n) is 7.21. The van der Waals surface area contributed by atoms with E-state index >= 15 is 0 Å². The fourth-order valence-corrected chi connectivity index (χ4v) is 15.2. The van der Waals surface area contributed by atoms with Gasteiger partial charge in [-0.3, -0.25) is 0 Å². The van der Waals surface area contributed by atoms with E-state index in [0.717, 1.165) is 3.67 Å². The van der Waals surface area contributed by atoms with E-state index in [0.29, 0.717) is 0 Å². The molecular formula is C17H24Br2Hf. The molecule has 0 aliphatic heterocycles. The maximum absolute atomic E-state index is 2.57. The quantitative estimate of drug-likeness (QED) is 0.358. The van der Waals surface area contributed by atoms with Gasteiger partial charge in [-0.05, 0) is 0 Å². The summed E-state index contributed by atoms with van der Waals surface area (Å²) in [5.41, 5.74) is 3.55. The standard InChI is InChI=1S/C9H11.C5H5.C3H6.2BrH.Hf/c1-2-5-9-7-3-6-8(9)4-1;1-2-4-5-3-1;1-3-2;;;/h3,6-7H,1-2,4-5H2;1-3H,4H2;1-2H3;2*1H;. The Hall–Kier alpha value is 0.660.